The Labute approximate surface area is 87.3 Å². The number of nitrogens with one attached hydrogen (secondary N) is 1. The predicted molar refractivity (Wildman–Crippen MR) is 51.7 cm³/mol. The molecule has 4 nitrogen and oxygen atoms in total. The SMILES string of the molecule is O=C1NC(=O)[C@@]23C=C(CO)[C@@]12CCCC3. The Morgan fingerprint density at radius 2 is 2.00 bits per heavy atom. The second-order valence-corrected chi connectivity index (χ2v) is 4.69. The van der Waals surface area contributed by atoms with Gasteiger partial charge in [0, 0.05) is 0 Å². The van der Waals surface area contributed by atoms with Crippen molar-refractivity contribution in [1.82, 2.24) is 5.32 Å². The lowest BCUT2D eigenvalue weighted by Crippen LogP contribution is -2.55. The summed E-state index contributed by atoms with van der Waals surface area (Å²) in [5, 5.41) is 11.6. The van der Waals surface area contributed by atoms with Crippen molar-refractivity contribution >= 4 is 11.8 Å². The van der Waals surface area contributed by atoms with Crippen LogP contribution in [0.5, 0.6) is 0 Å². The van der Waals surface area contributed by atoms with Crippen LogP contribution in [0.2, 0.25) is 0 Å². The zero-order valence-corrected chi connectivity index (χ0v) is 8.38. The molecule has 4 heteroatoms. The number of rotatable bonds is 1. The number of imide groups is 1. The third kappa shape index (κ3) is 0.718. The van der Waals surface area contributed by atoms with Crippen LogP contribution in [0, 0.1) is 10.8 Å². The van der Waals surface area contributed by atoms with E-state index < -0.39 is 10.8 Å². The molecule has 0 bridgehead atoms. The minimum Gasteiger partial charge on any atom is -0.392 e. The van der Waals surface area contributed by atoms with Crippen molar-refractivity contribution in [2.75, 3.05) is 6.61 Å². The van der Waals surface area contributed by atoms with Gasteiger partial charge in [-0.25, -0.2) is 0 Å². The molecule has 2 aliphatic carbocycles. The average molecular weight is 207 g/mol. The van der Waals surface area contributed by atoms with Crippen LogP contribution in [0.15, 0.2) is 11.6 Å². The van der Waals surface area contributed by atoms with Crippen LogP contribution in [0.1, 0.15) is 25.7 Å². The van der Waals surface area contributed by atoms with E-state index in [9.17, 15) is 14.7 Å². The normalized spacial score (nSPS) is 42.6. The molecule has 2 amide bonds. The highest BCUT2D eigenvalue weighted by Gasteiger charge is 2.72. The predicted octanol–water partition coefficient (Wildman–Crippen LogP) is 0.122. The molecule has 0 spiro atoms. The summed E-state index contributed by atoms with van der Waals surface area (Å²) in [6.07, 6.45) is 5.20. The van der Waals surface area contributed by atoms with Crippen molar-refractivity contribution in [3.8, 4) is 0 Å². The molecular weight excluding hydrogens is 194 g/mol. The summed E-state index contributed by atoms with van der Waals surface area (Å²) in [5.41, 5.74) is -0.553. The summed E-state index contributed by atoms with van der Waals surface area (Å²) in [6.45, 7) is -0.109. The van der Waals surface area contributed by atoms with Crippen LogP contribution in [0.25, 0.3) is 0 Å². The van der Waals surface area contributed by atoms with E-state index in [1.165, 1.54) is 0 Å². The van der Waals surface area contributed by atoms with Gasteiger partial charge >= 0.3 is 0 Å². The standard InChI is InChI=1S/C11H13NO3/c13-6-7-5-10-3-1-2-4-11(7,10)9(15)12-8(10)14/h5,13H,1-4,6H2,(H,12,14,15)/t10-,11+/m1/s1. The molecule has 3 rings (SSSR count). The molecule has 0 aromatic heterocycles. The number of amides is 2. The first kappa shape index (κ1) is 9.09. The molecule has 80 valence electrons. The third-order valence-corrected chi connectivity index (χ3v) is 4.29. The van der Waals surface area contributed by atoms with Gasteiger partial charge in [-0.05, 0) is 18.4 Å². The first-order chi connectivity index (χ1) is 7.17. The van der Waals surface area contributed by atoms with Crippen molar-refractivity contribution in [3.05, 3.63) is 11.6 Å². The molecule has 1 saturated carbocycles. The number of aliphatic hydroxyl groups excluding tert-OH is 1. The highest BCUT2D eigenvalue weighted by Crippen LogP contribution is 2.65. The fraction of sp³-hybridized carbons (Fsp3) is 0.636. The number of hydrogen-bond donors (Lipinski definition) is 2. The number of carbonyl (C=O) groups is 2. The van der Waals surface area contributed by atoms with E-state index >= 15 is 0 Å². The Hall–Kier alpha value is -1.16. The molecule has 2 atom stereocenters. The monoisotopic (exact) mass is 207 g/mol. The van der Waals surface area contributed by atoms with E-state index in [0.29, 0.717) is 6.42 Å². The van der Waals surface area contributed by atoms with Crippen molar-refractivity contribution < 1.29 is 14.7 Å². The third-order valence-electron chi connectivity index (χ3n) is 4.29. The topological polar surface area (TPSA) is 66.4 Å². The van der Waals surface area contributed by atoms with Gasteiger partial charge in [0.2, 0.25) is 11.8 Å². The molecule has 0 unspecified atom stereocenters. The van der Waals surface area contributed by atoms with E-state index in [2.05, 4.69) is 5.32 Å². The van der Waals surface area contributed by atoms with Crippen molar-refractivity contribution in [2.45, 2.75) is 25.7 Å². The van der Waals surface area contributed by atoms with E-state index in [-0.39, 0.29) is 18.4 Å². The van der Waals surface area contributed by atoms with E-state index in [1.807, 2.05) is 6.08 Å². The molecule has 2 N–H and O–H groups in total. The molecule has 0 radical (unpaired) electrons. The number of hydrogen-bond acceptors (Lipinski definition) is 3. The molecule has 1 aliphatic heterocycles. The molecule has 3 aliphatic rings. The van der Waals surface area contributed by atoms with E-state index in [0.717, 1.165) is 24.8 Å². The second kappa shape index (κ2) is 2.50. The zero-order chi connectivity index (χ0) is 10.7. The van der Waals surface area contributed by atoms with Crippen LogP contribution in [-0.4, -0.2) is 23.5 Å². The van der Waals surface area contributed by atoms with Gasteiger partial charge in [-0.15, -0.1) is 0 Å². The fourth-order valence-electron chi connectivity index (χ4n) is 3.55. The highest BCUT2D eigenvalue weighted by atomic mass is 16.3. The maximum absolute atomic E-state index is 11.9. The van der Waals surface area contributed by atoms with Crippen LogP contribution in [-0.2, 0) is 9.59 Å². The van der Waals surface area contributed by atoms with Crippen molar-refractivity contribution in [2.24, 2.45) is 10.8 Å². The second-order valence-electron chi connectivity index (χ2n) is 4.69. The number of aliphatic hydroxyl groups is 1. The maximum atomic E-state index is 11.9. The lowest BCUT2D eigenvalue weighted by molar-refractivity contribution is -0.135. The van der Waals surface area contributed by atoms with Crippen LogP contribution in [0.4, 0.5) is 0 Å². The lowest BCUT2D eigenvalue weighted by Gasteiger charge is -2.52. The molecular formula is C11H13NO3. The number of carbonyl (C=O) groups excluding carboxylic acids is 2. The Morgan fingerprint density at radius 1 is 1.27 bits per heavy atom. The van der Waals surface area contributed by atoms with Gasteiger partial charge in [0.15, 0.2) is 0 Å². The van der Waals surface area contributed by atoms with Crippen LogP contribution in [0.3, 0.4) is 0 Å². The van der Waals surface area contributed by atoms with Gasteiger partial charge in [0.1, 0.15) is 0 Å². The molecule has 0 aromatic rings. The summed E-state index contributed by atoms with van der Waals surface area (Å²) in [6, 6.07) is 0. The summed E-state index contributed by atoms with van der Waals surface area (Å²) >= 11 is 0. The summed E-state index contributed by atoms with van der Waals surface area (Å²) in [4.78, 5) is 23.7. The quantitative estimate of drug-likeness (QED) is 0.474. The molecule has 1 heterocycles. The molecule has 2 fully saturated rings. The van der Waals surface area contributed by atoms with Gasteiger partial charge < -0.3 is 5.11 Å². The van der Waals surface area contributed by atoms with Gasteiger partial charge in [0.05, 0.1) is 17.4 Å². The maximum Gasteiger partial charge on any atom is 0.238 e. The fourth-order valence-corrected chi connectivity index (χ4v) is 3.55. The Kier molecular flexibility index (Phi) is 1.51. The molecule has 1 saturated heterocycles. The smallest absolute Gasteiger partial charge is 0.238 e. The summed E-state index contributed by atoms with van der Waals surface area (Å²) in [5.74, 6) is -0.358. The van der Waals surface area contributed by atoms with Crippen LogP contribution < -0.4 is 5.32 Å². The van der Waals surface area contributed by atoms with Crippen molar-refractivity contribution in [1.29, 1.82) is 0 Å². The van der Waals surface area contributed by atoms with Crippen LogP contribution >= 0.6 is 0 Å². The van der Waals surface area contributed by atoms with E-state index in [4.69, 9.17) is 0 Å². The van der Waals surface area contributed by atoms with Gasteiger partial charge in [-0.3, -0.25) is 14.9 Å². The van der Waals surface area contributed by atoms with E-state index in [1.54, 1.807) is 0 Å². The Bertz CT molecular complexity index is 401. The summed E-state index contributed by atoms with van der Waals surface area (Å²) < 4.78 is 0. The minimum atomic E-state index is -0.683. The first-order valence-corrected chi connectivity index (χ1v) is 5.36. The Balaban J connectivity index is 2.18. The summed E-state index contributed by atoms with van der Waals surface area (Å²) in [7, 11) is 0. The molecule has 15 heavy (non-hydrogen) atoms. The van der Waals surface area contributed by atoms with Gasteiger partial charge in [-0.1, -0.05) is 18.9 Å². The van der Waals surface area contributed by atoms with Gasteiger partial charge in [0.25, 0.3) is 0 Å². The average Bonchev–Trinajstić information content (AvgIpc) is 2.37. The van der Waals surface area contributed by atoms with Gasteiger partial charge in [-0.2, -0.15) is 0 Å². The minimum absolute atomic E-state index is 0.109. The first-order valence-electron chi connectivity index (χ1n) is 5.36. The Morgan fingerprint density at radius 3 is 2.73 bits per heavy atom. The molecule has 0 aromatic carbocycles. The zero-order valence-electron chi connectivity index (χ0n) is 8.38. The highest BCUT2D eigenvalue weighted by molar-refractivity contribution is 6.14. The largest absolute Gasteiger partial charge is 0.392 e. The lowest BCUT2D eigenvalue weighted by atomic mass is 9.46. The van der Waals surface area contributed by atoms with Crippen molar-refractivity contribution in [3.63, 3.8) is 0 Å².